The number of sulfonamides is 1. The molecule has 88 valence electrons. The van der Waals surface area contributed by atoms with Gasteiger partial charge in [-0.25, -0.2) is 13.6 Å². The van der Waals surface area contributed by atoms with Crippen LogP contribution in [-0.2, 0) is 10.0 Å². The maximum absolute atomic E-state index is 11.3. The van der Waals surface area contributed by atoms with Crippen molar-refractivity contribution in [2.45, 2.75) is 28.7 Å². The fourth-order valence-electron chi connectivity index (χ4n) is 1.27. The Kier molecular flexibility index (Phi) is 3.14. The van der Waals surface area contributed by atoms with Crippen LogP contribution in [-0.4, -0.2) is 20.8 Å². The van der Waals surface area contributed by atoms with Crippen molar-refractivity contribution in [1.82, 2.24) is 0 Å². The standard InChI is InChI=1S/C10H13NO3S2/c1-15-9-4-8(14-7-2-3-7)5-10(6-9)16(11,12)13/h4-7H,2-3H2,1H3,(H2,11,12,13). The van der Waals surface area contributed by atoms with Crippen LogP contribution < -0.4 is 9.88 Å². The molecular formula is C10H13NO3S2. The Morgan fingerprint density at radius 1 is 1.38 bits per heavy atom. The molecule has 0 aliphatic heterocycles. The third-order valence-corrected chi connectivity index (χ3v) is 3.84. The molecule has 1 aliphatic rings. The van der Waals surface area contributed by atoms with E-state index in [2.05, 4.69) is 0 Å². The molecule has 0 atom stereocenters. The number of hydrogen-bond donors (Lipinski definition) is 1. The van der Waals surface area contributed by atoms with Crippen molar-refractivity contribution in [2.75, 3.05) is 6.26 Å². The molecule has 0 unspecified atom stereocenters. The molecule has 2 N–H and O–H groups in total. The summed E-state index contributed by atoms with van der Waals surface area (Å²) in [5.41, 5.74) is 0. The summed E-state index contributed by atoms with van der Waals surface area (Å²) in [7, 11) is -3.67. The quantitative estimate of drug-likeness (QED) is 0.834. The summed E-state index contributed by atoms with van der Waals surface area (Å²) >= 11 is 1.46. The zero-order chi connectivity index (χ0) is 11.8. The predicted molar refractivity (Wildman–Crippen MR) is 63.2 cm³/mol. The number of primary sulfonamides is 1. The lowest BCUT2D eigenvalue weighted by Crippen LogP contribution is -2.12. The normalized spacial score (nSPS) is 16.1. The van der Waals surface area contributed by atoms with E-state index in [1.54, 1.807) is 6.07 Å². The van der Waals surface area contributed by atoms with Crippen LogP contribution in [0.15, 0.2) is 28.0 Å². The SMILES string of the molecule is CSc1cc(OC2CC2)cc(S(N)(=O)=O)c1. The first-order valence-corrected chi connectivity index (χ1v) is 7.64. The molecule has 4 nitrogen and oxygen atoms in total. The number of thioether (sulfide) groups is 1. The van der Waals surface area contributed by atoms with Crippen LogP contribution in [0.1, 0.15) is 12.8 Å². The number of hydrogen-bond acceptors (Lipinski definition) is 4. The van der Waals surface area contributed by atoms with Crippen molar-refractivity contribution < 1.29 is 13.2 Å². The summed E-state index contributed by atoms with van der Waals surface area (Å²) < 4.78 is 28.1. The molecule has 0 heterocycles. The van der Waals surface area contributed by atoms with Crippen molar-refractivity contribution in [1.29, 1.82) is 0 Å². The maximum atomic E-state index is 11.3. The second kappa shape index (κ2) is 4.27. The van der Waals surface area contributed by atoms with Crippen molar-refractivity contribution in [3.05, 3.63) is 18.2 Å². The lowest BCUT2D eigenvalue weighted by atomic mass is 10.3. The van der Waals surface area contributed by atoms with Crippen LogP contribution in [0.5, 0.6) is 5.75 Å². The van der Waals surface area contributed by atoms with E-state index in [4.69, 9.17) is 9.88 Å². The summed E-state index contributed by atoms with van der Waals surface area (Å²) in [6.45, 7) is 0. The van der Waals surface area contributed by atoms with Gasteiger partial charge in [-0.05, 0) is 31.2 Å². The van der Waals surface area contributed by atoms with Gasteiger partial charge in [-0.2, -0.15) is 0 Å². The highest BCUT2D eigenvalue weighted by atomic mass is 32.2. The minimum atomic E-state index is -3.67. The van der Waals surface area contributed by atoms with Crippen LogP contribution >= 0.6 is 11.8 Å². The van der Waals surface area contributed by atoms with Gasteiger partial charge in [0.15, 0.2) is 0 Å². The van der Waals surface area contributed by atoms with Crippen LogP contribution in [0.4, 0.5) is 0 Å². The largest absolute Gasteiger partial charge is 0.490 e. The molecule has 1 fully saturated rings. The van der Waals surface area contributed by atoms with Crippen molar-refractivity contribution in [3.63, 3.8) is 0 Å². The zero-order valence-corrected chi connectivity index (χ0v) is 10.5. The zero-order valence-electron chi connectivity index (χ0n) is 8.84. The monoisotopic (exact) mass is 259 g/mol. The highest BCUT2D eigenvalue weighted by Crippen LogP contribution is 2.31. The Morgan fingerprint density at radius 2 is 2.06 bits per heavy atom. The number of ether oxygens (including phenoxy) is 1. The smallest absolute Gasteiger partial charge is 0.238 e. The Morgan fingerprint density at radius 3 is 2.56 bits per heavy atom. The van der Waals surface area contributed by atoms with Gasteiger partial charge in [-0.1, -0.05) is 0 Å². The molecule has 0 amide bonds. The predicted octanol–water partition coefficient (Wildman–Crippen LogP) is 1.60. The summed E-state index contributed by atoms with van der Waals surface area (Å²) in [5.74, 6) is 0.582. The van der Waals surface area contributed by atoms with Gasteiger partial charge in [-0.3, -0.25) is 0 Å². The minimum absolute atomic E-state index is 0.106. The summed E-state index contributed by atoms with van der Waals surface area (Å²) in [6, 6.07) is 4.87. The molecule has 1 aromatic carbocycles. The van der Waals surface area contributed by atoms with Crippen LogP contribution in [0.25, 0.3) is 0 Å². The van der Waals surface area contributed by atoms with E-state index in [-0.39, 0.29) is 11.0 Å². The average Bonchev–Trinajstić information content (AvgIpc) is 3.00. The van der Waals surface area contributed by atoms with E-state index in [1.165, 1.54) is 17.8 Å². The fourth-order valence-corrected chi connectivity index (χ4v) is 2.40. The maximum Gasteiger partial charge on any atom is 0.238 e. The molecule has 1 saturated carbocycles. The van der Waals surface area contributed by atoms with Crippen molar-refractivity contribution in [2.24, 2.45) is 5.14 Å². The molecule has 6 heteroatoms. The van der Waals surface area contributed by atoms with E-state index in [0.717, 1.165) is 17.7 Å². The third-order valence-electron chi connectivity index (χ3n) is 2.24. The number of nitrogens with two attached hydrogens (primary N) is 1. The lowest BCUT2D eigenvalue weighted by molar-refractivity contribution is 0.301. The Hall–Kier alpha value is -0.720. The highest BCUT2D eigenvalue weighted by Gasteiger charge is 2.24. The van der Waals surface area contributed by atoms with Gasteiger partial charge in [0.05, 0.1) is 11.0 Å². The third kappa shape index (κ3) is 2.90. The van der Waals surface area contributed by atoms with E-state index < -0.39 is 10.0 Å². The van der Waals surface area contributed by atoms with Crippen molar-refractivity contribution in [3.8, 4) is 5.75 Å². The van der Waals surface area contributed by atoms with Gasteiger partial charge in [0.25, 0.3) is 0 Å². The second-order valence-corrected chi connectivity index (χ2v) is 6.15. The lowest BCUT2D eigenvalue weighted by Gasteiger charge is -2.08. The van der Waals surface area contributed by atoms with Gasteiger partial charge in [-0.15, -0.1) is 11.8 Å². The van der Waals surface area contributed by atoms with E-state index >= 15 is 0 Å². The molecule has 0 saturated heterocycles. The first-order valence-electron chi connectivity index (χ1n) is 4.87. The Bertz CT molecular complexity index is 495. The van der Waals surface area contributed by atoms with Gasteiger partial charge >= 0.3 is 0 Å². The molecule has 16 heavy (non-hydrogen) atoms. The first kappa shape index (κ1) is 11.8. The molecule has 0 aromatic heterocycles. The first-order chi connectivity index (χ1) is 7.49. The molecule has 0 bridgehead atoms. The Balaban J connectivity index is 2.37. The molecule has 1 aliphatic carbocycles. The Labute approximate surface area is 99.2 Å². The van der Waals surface area contributed by atoms with E-state index in [0.29, 0.717) is 5.75 Å². The summed E-state index contributed by atoms with van der Waals surface area (Å²) in [6.07, 6.45) is 4.19. The molecule has 2 rings (SSSR count). The average molecular weight is 259 g/mol. The van der Waals surface area contributed by atoms with Gasteiger partial charge in [0.1, 0.15) is 5.75 Å². The molecular weight excluding hydrogens is 246 g/mol. The summed E-state index contributed by atoms with van der Waals surface area (Å²) in [4.78, 5) is 0.942. The molecule has 0 spiro atoms. The van der Waals surface area contributed by atoms with Gasteiger partial charge in [0.2, 0.25) is 10.0 Å². The van der Waals surface area contributed by atoms with Crippen LogP contribution in [0, 0.1) is 0 Å². The van der Waals surface area contributed by atoms with Gasteiger partial charge in [0, 0.05) is 11.0 Å². The van der Waals surface area contributed by atoms with Crippen molar-refractivity contribution >= 4 is 21.8 Å². The van der Waals surface area contributed by atoms with Gasteiger partial charge < -0.3 is 4.74 Å². The molecule has 1 aromatic rings. The minimum Gasteiger partial charge on any atom is -0.490 e. The van der Waals surface area contributed by atoms with E-state index in [1.807, 2.05) is 12.3 Å². The number of benzene rings is 1. The highest BCUT2D eigenvalue weighted by molar-refractivity contribution is 7.98. The topological polar surface area (TPSA) is 69.4 Å². The molecule has 0 radical (unpaired) electrons. The second-order valence-electron chi connectivity index (χ2n) is 3.71. The summed E-state index contributed by atoms with van der Waals surface area (Å²) in [5, 5.41) is 5.10. The van der Waals surface area contributed by atoms with E-state index in [9.17, 15) is 8.42 Å². The van der Waals surface area contributed by atoms with Crippen LogP contribution in [0.2, 0.25) is 0 Å². The van der Waals surface area contributed by atoms with Crippen LogP contribution in [0.3, 0.4) is 0 Å². The fraction of sp³-hybridized carbons (Fsp3) is 0.400. The number of rotatable bonds is 4.